The number of imidazole rings is 1. The maximum Gasteiger partial charge on any atom is 0.272 e. The highest BCUT2D eigenvalue weighted by Crippen LogP contribution is 2.35. The number of hydrogen-bond donors (Lipinski definition) is 2. The fourth-order valence-electron chi connectivity index (χ4n) is 4.05. The molecular weight excluding hydrogens is 410 g/mol. The lowest BCUT2D eigenvalue weighted by Gasteiger charge is -2.30. The fraction of sp³-hybridized carbons (Fsp3) is 0.435. The first-order valence-electron chi connectivity index (χ1n) is 10.5. The van der Waals surface area contributed by atoms with Crippen LogP contribution in [0.3, 0.4) is 0 Å². The number of amides is 2. The number of nitrogens with zero attached hydrogens (tertiary/aromatic N) is 3. The molecule has 1 unspecified atom stereocenters. The van der Waals surface area contributed by atoms with Gasteiger partial charge in [-0.05, 0) is 18.5 Å². The number of fused-ring (bicyclic) bond motifs is 2. The smallest absolute Gasteiger partial charge is 0.272 e. The summed E-state index contributed by atoms with van der Waals surface area (Å²) in [7, 11) is 3.63. The summed E-state index contributed by atoms with van der Waals surface area (Å²) >= 11 is 1.68. The zero-order valence-electron chi connectivity index (χ0n) is 18.7. The number of likely N-dealkylation sites (N-methyl/N-ethyl adjacent to an activating group) is 2. The number of benzene rings is 1. The van der Waals surface area contributed by atoms with E-state index >= 15 is 0 Å². The first kappa shape index (κ1) is 21.5. The number of nitrogens with one attached hydrogen (secondary N) is 2. The van der Waals surface area contributed by atoms with Gasteiger partial charge in [0, 0.05) is 47.7 Å². The van der Waals surface area contributed by atoms with E-state index in [2.05, 4.69) is 37.6 Å². The summed E-state index contributed by atoms with van der Waals surface area (Å²) in [5.41, 5.74) is 1.90. The number of rotatable bonds is 4. The average molecular weight is 440 g/mol. The van der Waals surface area contributed by atoms with Crippen LogP contribution in [0.25, 0.3) is 21.5 Å². The molecule has 1 aliphatic heterocycles. The number of carbonyl (C=O) groups excluding carboxylic acids is 2. The van der Waals surface area contributed by atoms with Gasteiger partial charge in [0.25, 0.3) is 5.91 Å². The lowest BCUT2D eigenvalue weighted by atomic mass is 9.86. The Morgan fingerprint density at radius 1 is 1.19 bits per heavy atom. The summed E-state index contributed by atoms with van der Waals surface area (Å²) in [6.45, 7) is 8.11. The molecule has 3 aromatic rings. The van der Waals surface area contributed by atoms with Crippen LogP contribution in [0.5, 0.6) is 0 Å². The van der Waals surface area contributed by atoms with Gasteiger partial charge in [0.05, 0.1) is 5.69 Å². The van der Waals surface area contributed by atoms with Crippen LogP contribution in [0.1, 0.15) is 37.0 Å². The van der Waals surface area contributed by atoms with Gasteiger partial charge in [-0.1, -0.05) is 39.0 Å². The Balaban J connectivity index is 1.78. The summed E-state index contributed by atoms with van der Waals surface area (Å²) in [5.74, 6) is 0.293. The molecule has 0 fully saturated rings. The number of carbonyl (C=O) groups is 2. The van der Waals surface area contributed by atoms with Gasteiger partial charge in [0.1, 0.15) is 11.9 Å². The van der Waals surface area contributed by atoms with Crippen molar-refractivity contribution in [2.45, 2.75) is 39.9 Å². The maximum absolute atomic E-state index is 13.4. The van der Waals surface area contributed by atoms with Crippen LogP contribution in [0.15, 0.2) is 29.6 Å². The minimum Gasteiger partial charge on any atom is -0.357 e. The minimum atomic E-state index is -0.658. The summed E-state index contributed by atoms with van der Waals surface area (Å²) in [4.78, 5) is 32.8. The van der Waals surface area contributed by atoms with Crippen molar-refractivity contribution in [2.75, 3.05) is 20.6 Å². The Labute approximate surface area is 186 Å². The van der Waals surface area contributed by atoms with Crippen LogP contribution in [-0.2, 0) is 17.9 Å². The van der Waals surface area contributed by atoms with Crippen LogP contribution in [0.4, 0.5) is 0 Å². The molecule has 8 heteroatoms. The molecule has 0 saturated carbocycles. The van der Waals surface area contributed by atoms with Crippen molar-refractivity contribution in [2.24, 2.45) is 5.41 Å². The summed E-state index contributed by atoms with van der Waals surface area (Å²) in [6.07, 6.45) is 0. The third kappa shape index (κ3) is 3.97. The molecule has 0 aliphatic carbocycles. The molecule has 7 nitrogen and oxygen atoms in total. The molecule has 2 amide bonds. The predicted molar refractivity (Wildman–Crippen MR) is 124 cm³/mol. The molecule has 0 radical (unpaired) electrons. The van der Waals surface area contributed by atoms with E-state index in [0.717, 1.165) is 35.6 Å². The first-order valence-corrected chi connectivity index (χ1v) is 11.4. The lowest BCUT2D eigenvalue weighted by Crippen LogP contribution is -2.53. The molecule has 3 heterocycles. The average Bonchev–Trinajstić information content (AvgIpc) is 3.31. The SMILES string of the molecule is CNC(=O)C(NC(=O)c1nc(-c2csc3ccccc23)n2c1CN(C)CC2)C(C)(C)C. The van der Waals surface area contributed by atoms with E-state index in [1.54, 1.807) is 18.4 Å². The Morgan fingerprint density at radius 2 is 1.94 bits per heavy atom. The van der Waals surface area contributed by atoms with Gasteiger partial charge >= 0.3 is 0 Å². The van der Waals surface area contributed by atoms with E-state index in [9.17, 15) is 9.59 Å². The summed E-state index contributed by atoms with van der Waals surface area (Å²) < 4.78 is 3.36. The van der Waals surface area contributed by atoms with Gasteiger partial charge in [0.15, 0.2) is 5.69 Å². The van der Waals surface area contributed by atoms with Crippen LogP contribution >= 0.6 is 11.3 Å². The van der Waals surface area contributed by atoms with Crippen molar-refractivity contribution in [3.63, 3.8) is 0 Å². The summed E-state index contributed by atoms with van der Waals surface area (Å²) in [6, 6.07) is 7.59. The molecule has 31 heavy (non-hydrogen) atoms. The van der Waals surface area contributed by atoms with Crippen molar-refractivity contribution < 1.29 is 9.59 Å². The van der Waals surface area contributed by atoms with Crippen molar-refractivity contribution in [1.29, 1.82) is 0 Å². The second-order valence-electron chi connectivity index (χ2n) is 9.15. The molecule has 1 aliphatic rings. The quantitative estimate of drug-likeness (QED) is 0.655. The summed E-state index contributed by atoms with van der Waals surface area (Å²) in [5, 5.41) is 8.86. The van der Waals surface area contributed by atoms with E-state index in [0.29, 0.717) is 12.2 Å². The third-order valence-electron chi connectivity index (χ3n) is 5.78. The standard InChI is InChI=1S/C23H29N5O2S/c1-23(2,3)19(22(30)24-4)26-21(29)18-16-12-27(5)10-11-28(16)20(25-18)15-13-31-17-9-7-6-8-14(15)17/h6-9,13,19H,10-12H2,1-5H3,(H,24,30)(H,26,29). The molecule has 2 N–H and O–H groups in total. The van der Waals surface area contributed by atoms with Gasteiger partial charge in [0.2, 0.25) is 5.91 Å². The van der Waals surface area contributed by atoms with Crippen molar-refractivity contribution >= 4 is 33.2 Å². The fourth-order valence-corrected chi connectivity index (χ4v) is 4.99. The van der Waals surface area contributed by atoms with Crippen LogP contribution in [0.2, 0.25) is 0 Å². The van der Waals surface area contributed by atoms with Gasteiger partial charge in [-0.25, -0.2) is 4.98 Å². The second-order valence-corrected chi connectivity index (χ2v) is 10.1. The number of thiophene rings is 1. The van der Waals surface area contributed by atoms with Crippen molar-refractivity contribution in [3.05, 3.63) is 41.0 Å². The number of hydrogen-bond acceptors (Lipinski definition) is 5. The lowest BCUT2D eigenvalue weighted by molar-refractivity contribution is -0.124. The monoisotopic (exact) mass is 439 g/mol. The first-order chi connectivity index (χ1) is 14.7. The van der Waals surface area contributed by atoms with E-state index < -0.39 is 11.5 Å². The largest absolute Gasteiger partial charge is 0.357 e. The second kappa shape index (κ2) is 8.09. The van der Waals surface area contributed by atoms with Gasteiger partial charge < -0.3 is 15.2 Å². The minimum absolute atomic E-state index is 0.213. The van der Waals surface area contributed by atoms with E-state index in [1.807, 2.05) is 40.0 Å². The molecule has 2 aromatic heterocycles. The van der Waals surface area contributed by atoms with Gasteiger partial charge in [-0.3, -0.25) is 14.5 Å². The zero-order valence-corrected chi connectivity index (χ0v) is 19.5. The molecule has 1 atom stereocenters. The molecule has 1 aromatic carbocycles. The Hall–Kier alpha value is -2.71. The van der Waals surface area contributed by atoms with E-state index in [-0.39, 0.29) is 11.8 Å². The highest BCUT2D eigenvalue weighted by Gasteiger charge is 2.35. The van der Waals surface area contributed by atoms with Crippen LogP contribution in [-0.4, -0.2) is 52.9 Å². The van der Waals surface area contributed by atoms with Gasteiger partial charge in [-0.2, -0.15) is 0 Å². The Bertz CT molecular complexity index is 1140. The van der Waals surface area contributed by atoms with Gasteiger partial charge in [-0.15, -0.1) is 11.3 Å². The molecule has 164 valence electrons. The maximum atomic E-state index is 13.4. The highest BCUT2D eigenvalue weighted by molar-refractivity contribution is 7.17. The number of aromatic nitrogens is 2. The van der Waals surface area contributed by atoms with E-state index in [4.69, 9.17) is 4.98 Å². The van der Waals surface area contributed by atoms with Crippen molar-refractivity contribution in [1.82, 2.24) is 25.1 Å². The topological polar surface area (TPSA) is 79.3 Å². The predicted octanol–water partition coefficient (Wildman–Crippen LogP) is 3.10. The van der Waals surface area contributed by atoms with Crippen molar-refractivity contribution in [3.8, 4) is 11.4 Å². The Morgan fingerprint density at radius 3 is 2.65 bits per heavy atom. The van der Waals surface area contributed by atoms with Crippen LogP contribution in [0, 0.1) is 5.41 Å². The Kier molecular flexibility index (Phi) is 5.61. The highest BCUT2D eigenvalue weighted by atomic mass is 32.1. The van der Waals surface area contributed by atoms with E-state index in [1.165, 1.54) is 4.70 Å². The normalized spacial score (nSPS) is 15.5. The molecule has 4 rings (SSSR count). The zero-order chi connectivity index (χ0) is 22.3. The van der Waals surface area contributed by atoms with Crippen LogP contribution < -0.4 is 10.6 Å². The molecule has 0 bridgehead atoms. The molecular formula is C23H29N5O2S. The molecule has 0 spiro atoms. The molecule has 0 saturated heterocycles. The third-order valence-corrected chi connectivity index (χ3v) is 6.75.